The molecular weight excluding hydrogens is 267 g/mol. The highest BCUT2D eigenvalue weighted by Gasteiger charge is 2.48. The van der Waals surface area contributed by atoms with Gasteiger partial charge in [0.15, 0.2) is 5.54 Å². The van der Waals surface area contributed by atoms with E-state index in [-0.39, 0.29) is 5.91 Å². The molecule has 0 bridgehead atoms. The molecule has 3 nitrogen and oxygen atoms in total. The molecule has 0 saturated heterocycles. The molecule has 1 amide bonds. The normalized spacial score (nSPS) is 20.3. The first-order valence-corrected chi connectivity index (χ1v) is 6.60. The Morgan fingerprint density at radius 2 is 1.95 bits per heavy atom. The second-order valence-corrected chi connectivity index (χ2v) is 5.30. The minimum absolute atomic E-state index is 0.275. The van der Waals surface area contributed by atoms with Gasteiger partial charge in [-0.15, -0.1) is 0 Å². The van der Waals surface area contributed by atoms with Crippen LogP contribution in [-0.4, -0.2) is 5.91 Å². The number of aryl methyl sites for hydroxylation is 1. The molecule has 0 aliphatic carbocycles. The van der Waals surface area contributed by atoms with Gasteiger partial charge in [-0.1, -0.05) is 18.2 Å². The van der Waals surface area contributed by atoms with Crippen LogP contribution >= 0.6 is 0 Å². The molecule has 0 fully saturated rings. The summed E-state index contributed by atoms with van der Waals surface area (Å²) in [6.45, 7) is 3.56. The lowest BCUT2D eigenvalue weighted by atomic mass is 9.89. The minimum Gasteiger partial charge on any atom is -0.285 e. The van der Waals surface area contributed by atoms with Crippen LogP contribution in [-0.2, 0) is 5.54 Å². The predicted molar refractivity (Wildman–Crippen MR) is 77.4 cm³/mol. The van der Waals surface area contributed by atoms with Crippen molar-refractivity contribution >= 4 is 11.6 Å². The van der Waals surface area contributed by atoms with E-state index in [0.29, 0.717) is 16.8 Å². The SMILES string of the molecule is Cc1cccc2c1C(C)(C#N)N(c1cccc(F)c1)C2=O. The molecule has 4 heteroatoms. The van der Waals surface area contributed by atoms with Crippen molar-refractivity contribution in [3.05, 3.63) is 65.0 Å². The number of fused-ring (bicyclic) bond motifs is 1. The first-order valence-electron chi connectivity index (χ1n) is 6.60. The molecule has 1 unspecified atom stereocenters. The Morgan fingerprint density at radius 1 is 1.24 bits per heavy atom. The first kappa shape index (κ1) is 13.3. The highest BCUT2D eigenvalue weighted by atomic mass is 19.1. The van der Waals surface area contributed by atoms with Crippen molar-refractivity contribution in [2.24, 2.45) is 0 Å². The zero-order valence-corrected chi connectivity index (χ0v) is 11.7. The number of carbonyl (C=O) groups excluding carboxylic acids is 1. The summed E-state index contributed by atoms with van der Waals surface area (Å²) in [5.41, 5.74) is 1.33. The van der Waals surface area contributed by atoms with Gasteiger partial charge >= 0.3 is 0 Å². The third-order valence-corrected chi connectivity index (χ3v) is 3.92. The molecular formula is C17H13FN2O. The maximum atomic E-state index is 13.5. The van der Waals surface area contributed by atoms with Gasteiger partial charge in [-0.05, 0) is 43.7 Å². The predicted octanol–water partition coefficient (Wildman–Crippen LogP) is 3.53. The van der Waals surface area contributed by atoms with E-state index in [4.69, 9.17) is 0 Å². The van der Waals surface area contributed by atoms with Gasteiger partial charge in [-0.25, -0.2) is 4.39 Å². The summed E-state index contributed by atoms with van der Waals surface area (Å²) in [5, 5.41) is 9.68. The second kappa shape index (κ2) is 4.42. The number of benzene rings is 2. The highest BCUT2D eigenvalue weighted by molar-refractivity contribution is 6.13. The van der Waals surface area contributed by atoms with Gasteiger partial charge in [-0.2, -0.15) is 5.26 Å². The lowest BCUT2D eigenvalue weighted by Crippen LogP contribution is -2.40. The number of halogens is 1. The average molecular weight is 280 g/mol. The van der Waals surface area contributed by atoms with E-state index in [1.807, 2.05) is 13.0 Å². The van der Waals surface area contributed by atoms with Gasteiger partial charge in [0.1, 0.15) is 5.82 Å². The van der Waals surface area contributed by atoms with Gasteiger partial charge in [0.05, 0.1) is 6.07 Å². The fourth-order valence-electron chi connectivity index (χ4n) is 3.02. The van der Waals surface area contributed by atoms with Crippen molar-refractivity contribution in [3.63, 3.8) is 0 Å². The maximum absolute atomic E-state index is 13.5. The van der Waals surface area contributed by atoms with Crippen molar-refractivity contribution in [1.29, 1.82) is 5.26 Å². The van der Waals surface area contributed by atoms with E-state index in [0.717, 1.165) is 5.56 Å². The monoisotopic (exact) mass is 280 g/mol. The number of nitrogens with zero attached hydrogens (tertiary/aromatic N) is 2. The van der Waals surface area contributed by atoms with Gasteiger partial charge in [0, 0.05) is 16.8 Å². The van der Waals surface area contributed by atoms with Crippen LogP contribution in [0.15, 0.2) is 42.5 Å². The summed E-state index contributed by atoms with van der Waals surface area (Å²) >= 11 is 0. The van der Waals surface area contributed by atoms with Crippen LogP contribution in [0.3, 0.4) is 0 Å². The van der Waals surface area contributed by atoms with Crippen LogP contribution in [0.1, 0.15) is 28.4 Å². The Morgan fingerprint density at radius 3 is 2.62 bits per heavy atom. The van der Waals surface area contributed by atoms with E-state index >= 15 is 0 Å². The van der Waals surface area contributed by atoms with Gasteiger partial charge < -0.3 is 0 Å². The molecule has 0 radical (unpaired) electrons. The fourth-order valence-corrected chi connectivity index (χ4v) is 3.02. The van der Waals surface area contributed by atoms with Crippen molar-refractivity contribution in [2.45, 2.75) is 19.4 Å². The van der Waals surface area contributed by atoms with Gasteiger partial charge in [0.25, 0.3) is 5.91 Å². The molecule has 1 heterocycles. The number of hydrogen-bond acceptors (Lipinski definition) is 2. The quantitative estimate of drug-likeness (QED) is 0.802. The average Bonchev–Trinajstić information content (AvgIpc) is 2.69. The Bertz CT molecular complexity index is 794. The third-order valence-electron chi connectivity index (χ3n) is 3.92. The second-order valence-electron chi connectivity index (χ2n) is 5.30. The van der Waals surface area contributed by atoms with Crippen LogP contribution in [0.25, 0.3) is 0 Å². The molecule has 2 aromatic rings. The molecule has 0 N–H and O–H groups in total. The summed E-state index contributed by atoms with van der Waals surface area (Å²) in [6, 6.07) is 13.3. The Hall–Kier alpha value is -2.67. The van der Waals surface area contributed by atoms with Crippen molar-refractivity contribution in [2.75, 3.05) is 4.90 Å². The van der Waals surface area contributed by atoms with Crippen LogP contribution < -0.4 is 4.90 Å². The first-order chi connectivity index (χ1) is 9.99. The van der Waals surface area contributed by atoms with Crippen molar-refractivity contribution in [1.82, 2.24) is 0 Å². The summed E-state index contributed by atoms with van der Waals surface area (Å²) in [6.07, 6.45) is 0. The number of rotatable bonds is 1. The zero-order chi connectivity index (χ0) is 15.2. The van der Waals surface area contributed by atoms with Crippen LogP contribution in [0.5, 0.6) is 0 Å². The molecule has 0 saturated carbocycles. The van der Waals surface area contributed by atoms with Gasteiger partial charge in [-0.3, -0.25) is 9.69 Å². The lowest BCUT2D eigenvalue weighted by Gasteiger charge is -2.30. The largest absolute Gasteiger partial charge is 0.285 e. The Balaban J connectivity index is 2.28. The standard InChI is InChI=1S/C17H13FN2O/c1-11-5-3-8-14-15(11)17(2,10-19)20(16(14)21)13-7-4-6-12(18)9-13/h3-9H,1-2H3. The maximum Gasteiger partial charge on any atom is 0.260 e. The fraction of sp³-hybridized carbons (Fsp3) is 0.176. The van der Waals surface area contributed by atoms with Crippen molar-refractivity contribution < 1.29 is 9.18 Å². The number of nitriles is 1. The molecule has 21 heavy (non-hydrogen) atoms. The van der Waals surface area contributed by atoms with E-state index in [9.17, 15) is 14.4 Å². The number of hydrogen-bond donors (Lipinski definition) is 0. The van der Waals surface area contributed by atoms with Gasteiger partial charge in [0.2, 0.25) is 0 Å². The van der Waals surface area contributed by atoms with E-state index in [2.05, 4.69) is 6.07 Å². The molecule has 104 valence electrons. The highest BCUT2D eigenvalue weighted by Crippen LogP contribution is 2.43. The zero-order valence-electron chi connectivity index (χ0n) is 11.7. The Kier molecular flexibility index (Phi) is 2.80. The molecule has 0 spiro atoms. The molecule has 1 atom stereocenters. The molecule has 1 aliphatic heterocycles. The third kappa shape index (κ3) is 1.74. The molecule has 0 aromatic heterocycles. The van der Waals surface area contributed by atoms with Crippen LogP contribution in [0, 0.1) is 24.1 Å². The minimum atomic E-state index is -1.13. The van der Waals surface area contributed by atoms with Crippen LogP contribution in [0.2, 0.25) is 0 Å². The summed E-state index contributed by atoms with van der Waals surface area (Å²) in [7, 11) is 0. The lowest BCUT2D eigenvalue weighted by molar-refractivity contribution is 0.0986. The smallest absolute Gasteiger partial charge is 0.260 e. The number of anilines is 1. The molecule has 1 aliphatic rings. The molecule has 2 aromatic carbocycles. The summed E-state index contributed by atoms with van der Waals surface area (Å²) in [4.78, 5) is 14.1. The summed E-state index contributed by atoms with van der Waals surface area (Å²) < 4.78 is 13.5. The van der Waals surface area contributed by atoms with E-state index < -0.39 is 11.4 Å². The number of amides is 1. The van der Waals surface area contributed by atoms with E-state index in [1.165, 1.54) is 23.1 Å². The summed E-state index contributed by atoms with van der Waals surface area (Å²) in [5.74, 6) is -0.711. The van der Waals surface area contributed by atoms with E-state index in [1.54, 1.807) is 25.1 Å². The van der Waals surface area contributed by atoms with Crippen molar-refractivity contribution in [3.8, 4) is 6.07 Å². The molecule has 3 rings (SSSR count). The Labute approximate surface area is 122 Å². The topological polar surface area (TPSA) is 44.1 Å². The number of carbonyl (C=O) groups is 1. The van der Waals surface area contributed by atoms with Crippen LogP contribution in [0.4, 0.5) is 10.1 Å².